The minimum atomic E-state index is -0.663. The normalized spacial score (nSPS) is 12.2. The molecule has 0 aliphatic rings. The summed E-state index contributed by atoms with van der Waals surface area (Å²) >= 11 is 0. The molecule has 7 nitrogen and oxygen atoms in total. The van der Waals surface area contributed by atoms with Crippen molar-refractivity contribution in [3.8, 4) is 0 Å². The number of hydrogen-bond acceptors (Lipinski definition) is 6. The molecular formula is C16H21N3O4. The van der Waals surface area contributed by atoms with E-state index in [9.17, 15) is 9.59 Å². The number of hydrogen-bond donors (Lipinski definition) is 1. The lowest BCUT2D eigenvalue weighted by atomic mass is 10.1. The lowest BCUT2D eigenvalue weighted by Crippen LogP contribution is -2.11. The van der Waals surface area contributed by atoms with Gasteiger partial charge in [-0.1, -0.05) is 12.1 Å². The largest absolute Gasteiger partial charge is 0.448 e. The fourth-order valence-electron chi connectivity index (χ4n) is 2.51. The van der Waals surface area contributed by atoms with Gasteiger partial charge in [-0.3, -0.25) is 4.79 Å². The number of esters is 1. The van der Waals surface area contributed by atoms with E-state index < -0.39 is 12.1 Å². The molecule has 0 fully saturated rings. The summed E-state index contributed by atoms with van der Waals surface area (Å²) in [6.45, 7) is 8.61. The Bertz CT molecular complexity index is 730. The zero-order valence-electron chi connectivity index (χ0n) is 14.0. The van der Waals surface area contributed by atoms with Crippen LogP contribution in [-0.2, 0) is 11.2 Å². The van der Waals surface area contributed by atoms with E-state index >= 15 is 0 Å². The third kappa shape index (κ3) is 3.49. The molecule has 0 amide bonds. The Morgan fingerprint density at radius 3 is 2.61 bits per heavy atom. The highest BCUT2D eigenvalue weighted by Crippen LogP contribution is 2.22. The van der Waals surface area contributed by atoms with E-state index in [4.69, 9.17) is 9.26 Å². The maximum atomic E-state index is 12.3. The van der Waals surface area contributed by atoms with Crippen molar-refractivity contribution >= 4 is 11.8 Å². The summed E-state index contributed by atoms with van der Waals surface area (Å²) in [6.07, 6.45) is 0.951. The third-order valence-electron chi connectivity index (χ3n) is 3.58. The van der Waals surface area contributed by atoms with Crippen molar-refractivity contribution in [3.63, 3.8) is 0 Å². The van der Waals surface area contributed by atoms with Crippen LogP contribution in [0.5, 0.6) is 0 Å². The van der Waals surface area contributed by atoms with Crippen LogP contribution in [0.4, 0.5) is 0 Å². The number of aromatic amines is 1. The van der Waals surface area contributed by atoms with Crippen molar-refractivity contribution in [2.45, 2.75) is 53.6 Å². The van der Waals surface area contributed by atoms with Crippen molar-refractivity contribution in [2.24, 2.45) is 0 Å². The number of ketones is 1. The van der Waals surface area contributed by atoms with Gasteiger partial charge in [0.1, 0.15) is 5.69 Å². The van der Waals surface area contributed by atoms with Crippen LogP contribution in [-0.4, -0.2) is 26.9 Å². The number of carbonyl (C=O) groups excluding carboxylic acids is 2. The third-order valence-corrected chi connectivity index (χ3v) is 3.58. The molecule has 7 heteroatoms. The van der Waals surface area contributed by atoms with Gasteiger partial charge in [-0.05, 0) is 39.7 Å². The smallest absolute Gasteiger partial charge is 0.355 e. The zero-order valence-corrected chi connectivity index (χ0v) is 14.0. The molecule has 2 heterocycles. The van der Waals surface area contributed by atoms with E-state index in [0.717, 1.165) is 6.42 Å². The van der Waals surface area contributed by atoms with E-state index in [1.54, 1.807) is 20.8 Å². The lowest BCUT2D eigenvalue weighted by Gasteiger charge is -2.08. The summed E-state index contributed by atoms with van der Waals surface area (Å²) in [7, 11) is 0. The van der Waals surface area contributed by atoms with Crippen molar-refractivity contribution in [2.75, 3.05) is 0 Å². The van der Waals surface area contributed by atoms with Crippen LogP contribution >= 0.6 is 0 Å². The molecule has 0 aromatic carbocycles. The first kappa shape index (κ1) is 16.9. The van der Waals surface area contributed by atoms with Gasteiger partial charge in [-0.15, -0.1) is 0 Å². The predicted octanol–water partition coefficient (Wildman–Crippen LogP) is 3.09. The van der Waals surface area contributed by atoms with Crippen LogP contribution in [0.2, 0.25) is 0 Å². The van der Waals surface area contributed by atoms with Crippen molar-refractivity contribution in [3.05, 3.63) is 34.2 Å². The summed E-state index contributed by atoms with van der Waals surface area (Å²) in [5.41, 5.74) is 2.03. The maximum Gasteiger partial charge on any atom is 0.355 e. The Morgan fingerprint density at radius 2 is 2.04 bits per heavy atom. The van der Waals surface area contributed by atoms with Gasteiger partial charge < -0.3 is 14.2 Å². The van der Waals surface area contributed by atoms with Crippen LogP contribution in [0.25, 0.3) is 0 Å². The molecule has 0 saturated heterocycles. The van der Waals surface area contributed by atoms with Gasteiger partial charge in [0.05, 0.1) is 0 Å². The van der Waals surface area contributed by atoms with E-state index in [1.807, 2.05) is 6.92 Å². The van der Waals surface area contributed by atoms with Crippen LogP contribution in [0.3, 0.4) is 0 Å². The van der Waals surface area contributed by atoms with Crippen LogP contribution in [0.1, 0.15) is 77.1 Å². The van der Waals surface area contributed by atoms with E-state index in [-0.39, 0.29) is 17.4 Å². The molecule has 124 valence electrons. The van der Waals surface area contributed by atoms with Gasteiger partial charge in [0.2, 0.25) is 0 Å². The number of nitrogens with zero attached hydrogens (tertiary/aromatic N) is 2. The highest BCUT2D eigenvalue weighted by atomic mass is 16.6. The number of nitrogens with one attached hydrogen (secondary N) is 1. The van der Waals surface area contributed by atoms with Gasteiger partial charge in [-0.2, -0.15) is 4.98 Å². The van der Waals surface area contributed by atoms with Crippen LogP contribution < -0.4 is 0 Å². The Morgan fingerprint density at radius 1 is 1.35 bits per heavy atom. The first-order valence-corrected chi connectivity index (χ1v) is 7.58. The zero-order chi connectivity index (χ0) is 17.1. The quantitative estimate of drug-likeness (QED) is 0.649. The van der Waals surface area contributed by atoms with Crippen LogP contribution in [0, 0.1) is 13.8 Å². The number of aryl methyl sites for hydroxylation is 2. The minimum Gasteiger partial charge on any atom is -0.448 e. The molecule has 2 aromatic rings. The molecule has 1 N–H and O–H groups in total. The molecule has 0 aliphatic carbocycles. The molecule has 0 aliphatic heterocycles. The second kappa shape index (κ2) is 6.76. The summed E-state index contributed by atoms with van der Waals surface area (Å²) in [4.78, 5) is 31.1. The fourth-order valence-corrected chi connectivity index (χ4v) is 2.51. The number of H-pyrrole nitrogens is 1. The second-order valence-corrected chi connectivity index (χ2v) is 5.53. The van der Waals surface area contributed by atoms with Gasteiger partial charge in [0.25, 0.3) is 5.89 Å². The number of ether oxygens (including phenoxy) is 1. The van der Waals surface area contributed by atoms with Gasteiger partial charge in [0.15, 0.2) is 17.7 Å². The molecule has 0 unspecified atom stereocenters. The lowest BCUT2D eigenvalue weighted by molar-refractivity contribution is 0.0258. The van der Waals surface area contributed by atoms with Gasteiger partial charge in [-0.25, -0.2) is 4.79 Å². The van der Waals surface area contributed by atoms with E-state index in [2.05, 4.69) is 15.1 Å². The summed E-state index contributed by atoms with van der Waals surface area (Å²) < 4.78 is 10.5. The summed E-state index contributed by atoms with van der Waals surface area (Å²) in [5, 5.41) is 3.84. The monoisotopic (exact) mass is 319 g/mol. The van der Waals surface area contributed by atoms with Gasteiger partial charge in [0, 0.05) is 17.7 Å². The maximum absolute atomic E-state index is 12.3. The molecule has 23 heavy (non-hydrogen) atoms. The number of aromatic nitrogens is 3. The Labute approximate surface area is 134 Å². The van der Waals surface area contributed by atoms with Crippen molar-refractivity contribution < 1.29 is 18.8 Å². The number of carbonyl (C=O) groups is 2. The molecular weight excluding hydrogens is 298 g/mol. The summed E-state index contributed by atoms with van der Waals surface area (Å²) in [6, 6.07) is 0. The first-order valence-electron chi connectivity index (χ1n) is 7.58. The Hall–Kier alpha value is -2.44. The molecule has 0 bridgehead atoms. The summed E-state index contributed by atoms with van der Waals surface area (Å²) in [5.74, 6) is 0.205. The predicted molar refractivity (Wildman–Crippen MR) is 82.4 cm³/mol. The highest BCUT2D eigenvalue weighted by molar-refractivity contribution is 6.01. The molecule has 2 rings (SSSR count). The average Bonchev–Trinajstić information content (AvgIpc) is 3.04. The Kier molecular flexibility index (Phi) is 4.98. The minimum absolute atomic E-state index is 0.0931. The van der Waals surface area contributed by atoms with E-state index in [0.29, 0.717) is 29.1 Å². The highest BCUT2D eigenvalue weighted by Gasteiger charge is 2.24. The molecule has 0 radical (unpaired) electrons. The second-order valence-electron chi connectivity index (χ2n) is 5.53. The molecule has 1 atom stereocenters. The average molecular weight is 319 g/mol. The standard InChI is InChI=1S/C16H21N3O4/c1-6-7-12-18-15(23-19-12)11(5)22-16(21)14-8(2)13(10(4)20)9(3)17-14/h11,17H,6-7H2,1-5H3/t11-/m1/s1. The fraction of sp³-hybridized carbons (Fsp3) is 0.500. The van der Waals surface area contributed by atoms with E-state index in [1.165, 1.54) is 6.92 Å². The number of rotatable bonds is 6. The Balaban J connectivity index is 2.15. The number of Topliss-reactive ketones (excluding diaryl/α,β-unsaturated/α-hetero) is 1. The molecule has 2 aromatic heterocycles. The topological polar surface area (TPSA) is 98.1 Å². The molecule has 0 saturated carbocycles. The molecule has 0 spiro atoms. The first-order chi connectivity index (χ1) is 10.8. The van der Waals surface area contributed by atoms with Crippen molar-refractivity contribution in [1.29, 1.82) is 0 Å². The van der Waals surface area contributed by atoms with Crippen LogP contribution in [0.15, 0.2) is 4.52 Å². The SMILES string of the molecule is CCCc1noc([C@@H](C)OC(=O)c2[nH]c(C)c(C(C)=O)c2C)n1. The van der Waals surface area contributed by atoms with Crippen molar-refractivity contribution in [1.82, 2.24) is 15.1 Å². The van der Waals surface area contributed by atoms with Gasteiger partial charge >= 0.3 is 5.97 Å².